The Morgan fingerprint density at radius 2 is 1.70 bits per heavy atom. The Hall–Kier alpha value is -0.890. The molecule has 2 N–H and O–H groups in total. The Kier molecular flexibility index (Phi) is 4.85. The van der Waals surface area contributed by atoms with E-state index in [1.54, 1.807) is 0 Å². The third kappa shape index (κ3) is 4.05. The molecule has 106 valence electrons. The van der Waals surface area contributed by atoms with E-state index < -0.39 is 11.7 Å². The highest BCUT2D eigenvalue weighted by Crippen LogP contribution is 2.35. The quantitative estimate of drug-likeness (QED) is 0.429. The lowest BCUT2D eigenvalue weighted by atomic mass is 10.2. The lowest BCUT2D eigenvalue weighted by molar-refractivity contribution is -0.137. The van der Waals surface area contributed by atoms with Crippen LogP contribution < -0.4 is 5.73 Å². The molecule has 0 amide bonds. The molecule has 6 heteroatoms. The van der Waals surface area contributed by atoms with Crippen LogP contribution in [0, 0.1) is 3.57 Å². The molecule has 0 aliphatic carbocycles. The fourth-order valence-electron chi connectivity index (χ4n) is 1.60. The monoisotopic (exact) mass is 409 g/mol. The topological polar surface area (TPSA) is 26.0 Å². The molecule has 2 rings (SSSR count). The molecule has 0 atom stereocenters. The van der Waals surface area contributed by atoms with E-state index in [2.05, 4.69) is 22.6 Å². The summed E-state index contributed by atoms with van der Waals surface area (Å²) in [5, 5.41) is 0. The second-order valence-corrected chi connectivity index (χ2v) is 6.43. The molecular weight excluding hydrogens is 398 g/mol. The number of hydrogen-bond donors (Lipinski definition) is 1. The van der Waals surface area contributed by atoms with Crippen LogP contribution in [0.15, 0.2) is 47.4 Å². The van der Waals surface area contributed by atoms with E-state index in [1.807, 2.05) is 24.3 Å². The van der Waals surface area contributed by atoms with Crippen molar-refractivity contribution in [3.63, 3.8) is 0 Å². The summed E-state index contributed by atoms with van der Waals surface area (Å²) >= 11 is 3.65. The zero-order valence-electron chi connectivity index (χ0n) is 10.2. The number of nitrogens with two attached hydrogens (primary N) is 1. The normalized spacial score (nSPS) is 11.6. The summed E-state index contributed by atoms with van der Waals surface area (Å²) in [5.41, 5.74) is 6.24. The first-order valence-electron chi connectivity index (χ1n) is 5.70. The summed E-state index contributed by atoms with van der Waals surface area (Å²) in [7, 11) is 0. The molecule has 0 unspecified atom stereocenters. The van der Waals surface area contributed by atoms with Gasteiger partial charge in [-0.05, 0) is 58.5 Å². The van der Waals surface area contributed by atoms with Crippen LogP contribution in [0.25, 0.3) is 0 Å². The van der Waals surface area contributed by atoms with Crippen LogP contribution in [0.4, 0.5) is 18.9 Å². The Labute approximate surface area is 132 Å². The molecule has 0 bridgehead atoms. The predicted molar refractivity (Wildman–Crippen MR) is 84.6 cm³/mol. The first kappa shape index (κ1) is 15.5. The largest absolute Gasteiger partial charge is 0.416 e. The van der Waals surface area contributed by atoms with E-state index in [0.717, 1.165) is 21.3 Å². The van der Waals surface area contributed by atoms with Gasteiger partial charge < -0.3 is 5.73 Å². The molecule has 2 aromatic carbocycles. The van der Waals surface area contributed by atoms with Gasteiger partial charge in [0.1, 0.15) is 0 Å². The van der Waals surface area contributed by atoms with Crippen molar-refractivity contribution in [2.24, 2.45) is 0 Å². The highest BCUT2D eigenvalue weighted by Gasteiger charge is 2.30. The summed E-state index contributed by atoms with van der Waals surface area (Å²) in [6.45, 7) is 0. The van der Waals surface area contributed by atoms with Gasteiger partial charge in [0.15, 0.2) is 0 Å². The minimum atomic E-state index is -4.35. The Morgan fingerprint density at radius 1 is 1.05 bits per heavy atom. The van der Waals surface area contributed by atoms with Crippen LogP contribution in [0.5, 0.6) is 0 Å². The van der Waals surface area contributed by atoms with Gasteiger partial charge in [-0.2, -0.15) is 13.2 Å². The van der Waals surface area contributed by atoms with Crippen molar-refractivity contribution in [2.45, 2.75) is 16.8 Å². The molecule has 0 heterocycles. The van der Waals surface area contributed by atoms with Crippen molar-refractivity contribution in [3.05, 3.63) is 57.2 Å². The third-order valence-corrected chi connectivity index (χ3v) is 4.52. The van der Waals surface area contributed by atoms with Crippen molar-refractivity contribution in [3.8, 4) is 0 Å². The number of anilines is 1. The van der Waals surface area contributed by atoms with Gasteiger partial charge >= 0.3 is 6.18 Å². The van der Waals surface area contributed by atoms with Crippen LogP contribution in [0.2, 0.25) is 0 Å². The zero-order chi connectivity index (χ0) is 14.8. The van der Waals surface area contributed by atoms with Crippen LogP contribution in [0.1, 0.15) is 11.1 Å². The van der Waals surface area contributed by atoms with Crippen molar-refractivity contribution < 1.29 is 13.2 Å². The molecule has 0 spiro atoms. The second-order valence-electron chi connectivity index (χ2n) is 4.17. The van der Waals surface area contributed by atoms with E-state index in [-0.39, 0.29) is 5.69 Å². The minimum absolute atomic E-state index is 0.162. The number of halogens is 4. The number of benzene rings is 2. The molecule has 0 aliphatic rings. The smallest absolute Gasteiger partial charge is 0.398 e. The summed E-state index contributed by atoms with van der Waals surface area (Å²) in [5.74, 6) is 0.673. The first-order chi connectivity index (χ1) is 9.36. The number of rotatable bonds is 3. The maximum Gasteiger partial charge on any atom is 0.416 e. The fraction of sp³-hybridized carbons (Fsp3) is 0.143. The van der Waals surface area contributed by atoms with Gasteiger partial charge in [-0.1, -0.05) is 12.1 Å². The molecule has 1 nitrogen and oxygen atoms in total. The highest BCUT2D eigenvalue weighted by atomic mass is 127. The van der Waals surface area contributed by atoms with E-state index >= 15 is 0 Å². The average molecular weight is 409 g/mol. The van der Waals surface area contributed by atoms with Crippen LogP contribution >= 0.6 is 34.4 Å². The summed E-state index contributed by atoms with van der Waals surface area (Å²) in [6.07, 6.45) is -4.35. The molecule has 0 saturated carbocycles. The second kappa shape index (κ2) is 6.26. The summed E-state index contributed by atoms with van der Waals surface area (Å²) in [4.78, 5) is 0.663. The highest BCUT2D eigenvalue weighted by molar-refractivity contribution is 14.1. The molecule has 0 aromatic heterocycles. The first-order valence-corrected chi connectivity index (χ1v) is 7.76. The summed E-state index contributed by atoms with van der Waals surface area (Å²) in [6, 6.07) is 11.4. The van der Waals surface area contributed by atoms with Crippen LogP contribution in [0.3, 0.4) is 0 Å². The van der Waals surface area contributed by atoms with Crippen molar-refractivity contribution in [2.75, 3.05) is 5.73 Å². The van der Waals surface area contributed by atoms with Crippen molar-refractivity contribution in [1.29, 1.82) is 0 Å². The van der Waals surface area contributed by atoms with Gasteiger partial charge in [0, 0.05) is 19.9 Å². The summed E-state index contributed by atoms with van der Waals surface area (Å²) < 4.78 is 38.7. The van der Waals surface area contributed by atoms with Gasteiger partial charge in [0.05, 0.1) is 5.56 Å². The maximum atomic E-state index is 12.5. The number of thioether (sulfide) groups is 1. The standard InChI is InChI=1S/C14H11F3INS/c15-14(16,17)10-3-6-13(12(19)7-10)20-8-9-1-4-11(18)5-2-9/h1-7H,8,19H2. The molecule has 0 aliphatic heterocycles. The Balaban J connectivity index is 2.08. The number of nitrogen functional groups attached to an aromatic ring is 1. The van der Waals surface area contributed by atoms with E-state index in [9.17, 15) is 13.2 Å². The maximum absolute atomic E-state index is 12.5. The molecule has 20 heavy (non-hydrogen) atoms. The lowest BCUT2D eigenvalue weighted by Gasteiger charge is -2.10. The number of hydrogen-bond acceptors (Lipinski definition) is 2. The Morgan fingerprint density at radius 3 is 2.25 bits per heavy atom. The molecule has 2 aromatic rings. The van der Waals surface area contributed by atoms with Gasteiger partial charge in [-0.15, -0.1) is 11.8 Å². The molecule has 0 saturated heterocycles. The number of alkyl halides is 3. The fourth-order valence-corrected chi connectivity index (χ4v) is 2.86. The Bertz CT molecular complexity index is 596. The van der Waals surface area contributed by atoms with Crippen molar-refractivity contribution >= 4 is 40.0 Å². The molecular formula is C14H11F3INS. The van der Waals surface area contributed by atoms with Crippen LogP contribution in [-0.4, -0.2) is 0 Å². The average Bonchev–Trinajstić information content (AvgIpc) is 2.38. The minimum Gasteiger partial charge on any atom is -0.398 e. The van der Waals surface area contributed by atoms with Crippen LogP contribution in [-0.2, 0) is 11.9 Å². The SMILES string of the molecule is Nc1cc(C(F)(F)F)ccc1SCc1ccc(I)cc1. The molecule has 0 radical (unpaired) electrons. The lowest BCUT2D eigenvalue weighted by Crippen LogP contribution is -2.05. The van der Waals surface area contributed by atoms with E-state index in [4.69, 9.17) is 5.73 Å². The van der Waals surface area contributed by atoms with Gasteiger partial charge in [0.25, 0.3) is 0 Å². The molecule has 0 fully saturated rings. The predicted octanol–water partition coefficient (Wildman–Crippen LogP) is 5.18. The third-order valence-electron chi connectivity index (χ3n) is 2.64. The van der Waals surface area contributed by atoms with Gasteiger partial charge in [-0.25, -0.2) is 0 Å². The van der Waals surface area contributed by atoms with Crippen molar-refractivity contribution in [1.82, 2.24) is 0 Å². The van der Waals surface area contributed by atoms with Gasteiger partial charge in [-0.3, -0.25) is 0 Å². The van der Waals surface area contributed by atoms with E-state index in [0.29, 0.717) is 10.6 Å². The zero-order valence-corrected chi connectivity index (χ0v) is 13.2. The van der Waals surface area contributed by atoms with Gasteiger partial charge in [0.2, 0.25) is 0 Å². The van der Waals surface area contributed by atoms with E-state index in [1.165, 1.54) is 17.8 Å².